The van der Waals surface area contributed by atoms with E-state index in [-0.39, 0.29) is 0 Å². The molecule has 4 heteroatoms. The maximum atomic E-state index is 5.47. The molecule has 96 valence electrons. The lowest BCUT2D eigenvalue weighted by Gasteiger charge is -2.23. The van der Waals surface area contributed by atoms with Gasteiger partial charge in [-0.25, -0.2) is 4.98 Å². The number of aromatic nitrogens is 2. The molecule has 2 aromatic rings. The Morgan fingerprint density at radius 2 is 2.44 bits per heavy atom. The normalized spacial score (nSPS) is 20.4. The molecule has 1 aliphatic heterocycles. The van der Waals surface area contributed by atoms with Gasteiger partial charge in [0, 0.05) is 19.6 Å². The van der Waals surface area contributed by atoms with E-state index in [0.29, 0.717) is 6.04 Å². The van der Waals surface area contributed by atoms with E-state index in [1.54, 1.807) is 0 Å². The van der Waals surface area contributed by atoms with Gasteiger partial charge < -0.3 is 14.6 Å². The van der Waals surface area contributed by atoms with E-state index >= 15 is 0 Å². The molecule has 1 saturated heterocycles. The van der Waals surface area contributed by atoms with Gasteiger partial charge in [0.1, 0.15) is 0 Å². The second kappa shape index (κ2) is 5.08. The van der Waals surface area contributed by atoms with Crippen LogP contribution in [0.15, 0.2) is 24.5 Å². The van der Waals surface area contributed by atoms with Crippen LogP contribution < -0.4 is 5.32 Å². The highest BCUT2D eigenvalue weighted by Crippen LogP contribution is 2.15. The Morgan fingerprint density at radius 1 is 1.50 bits per heavy atom. The molecule has 1 fully saturated rings. The predicted molar refractivity (Wildman–Crippen MR) is 71.6 cm³/mol. The molecule has 2 heterocycles. The Bertz CT molecular complexity index is 529. The fraction of sp³-hybridized carbons (Fsp3) is 0.500. The molecule has 0 saturated carbocycles. The maximum Gasteiger partial charge on any atom is 0.0955 e. The maximum absolute atomic E-state index is 5.47. The molecular weight excluding hydrogens is 226 g/mol. The monoisotopic (exact) mass is 245 g/mol. The van der Waals surface area contributed by atoms with Crippen molar-refractivity contribution in [1.82, 2.24) is 14.9 Å². The van der Waals surface area contributed by atoms with Crippen LogP contribution in [-0.2, 0) is 18.2 Å². The lowest BCUT2D eigenvalue weighted by molar-refractivity contribution is 0.0743. The summed E-state index contributed by atoms with van der Waals surface area (Å²) >= 11 is 0. The first-order chi connectivity index (χ1) is 8.83. The van der Waals surface area contributed by atoms with Crippen molar-refractivity contribution >= 4 is 11.0 Å². The van der Waals surface area contributed by atoms with Crippen LogP contribution in [0.5, 0.6) is 0 Å². The second-order valence-electron chi connectivity index (χ2n) is 4.94. The quantitative estimate of drug-likeness (QED) is 0.890. The van der Waals surface area contributed by atoms with Gasteiger partial charge in [-0.2, -0.15) is 0 Å². The standard InChI is InChI=1S/C14H19N3O/c1-17-10-16-13-8-11(3-5-14(13)17)2-4-12-9-18-7-6-15-12/h3,5,8,10,12,15H,2,4,6-7,9H2,1H3. The van der Waals surface area contributed by atoms with Crippen molar-refractivity contribution in [3.8, 4) is 0 Å². The van der Waals surface area contributed by atoms with Crippen molar-refractivity contribution in [2.24, 2.45) is 7.05 Å². The molecule has 0 bridgehead atoms. The predicted octanol–water partition coefficient (Wildman–Crippen LogP) is 1.49. The van der Waals surface area contributed by atoms with Gasteiger partial charge in [-0.1, -0.05) is 6.07 Å². The number of nitrogens with zero attached hydrogens (tertiary/aromatic N) is 2. The van der Waals surface area contributed by atoms with Crippen LogP contribution in [0.2, 0.25) is 0 Å². The summed E-state index contributed by atoms with van der Waals surface area (Å²) in [7, 11) is 2.03. The third-order valence-electron chi connectivity index (χ3n) is 3.57. The minimum atomic E-state index is 0.498. The number of hydrogen-bond donors (Lipinski definition) is 1. The minimum Gasteiger partial charge on any atom is -0.379 e. The van der Waals surface area contributed by atoms with Crippen LogP contribution in [0.1, 0.15) is 12.0 Å². The van der Waals surface area contributed by atoms with E-state index in [1.165, 1.54) is 11.1 Å². The van der Waals surface area contributed by atoms with E-state index in [4.69, 9.17) is 4.74 Å². The van der Waals surface area contributed by atoms with Crippen LogP contribution >= 0.6 is 0 Å². The lowest BCUT2D eigenvalue weighted by Crippen LogP contribution is -2.41. The van der Waals surface area contributed by atoms with E-state index in [1.807, 2.05) is 13.4 Å². The largest absolute Gasteiger partial charge is 0.379 e. The summed E-state index contributed by atoms with van der Waals surface area (Å²) in [6, 6.07) is 7.05. The SMILES string of the molecule is Cn1cnc2cc(CCC3COCCN3)ccc21. The number of rotatable bonds is 3. The van der Waals surface area contributed by atoms with E-state index in [0.717, 1.165) is 38.1 Å². The Balaban J connectivity index is 1.66. The van der Waals surface area contributed by atoms with Gasteiger partial charge in [0.05, 0.1) is 30.6 Å². The summed E-state index contributed by atoms with van der Waals surface area (Å²) in [5.74, 6) is 0. The number of fused-ring (bicyclic) bond motifs is 1. The number of morpholine rings is 1. The van der Waals surface area contributed by atoms with Crippen molar-refractivity contribution in [2.75, 3.05) is 19.8 Å². The van der Waals surface area contributed by atoms with Crippen LogP contribution in [0.25, 0.3) is 11.0 Å². The van der Waals surface area contributed by atoms with E-state index in [9.17, 15) is 0 Å². The number of imidazole rings is 1. The third kappa shape index (κ3) is 2.40. The van der Waals surface area contributed by atoms with E-state index in [2.05, 4.69) is 33.1 Å². The average molecular weight is 245 g/mol. The van der Waals surface area contributed by atoms with Crippen LogP contribution in [-0.4, -0.2) is 35.4 Å². The van der Waals surface area contributed by atoms with Crippen molar-refractivity contribution in [2.45, 2.75) is 18.9 Å². The summed E-state index contributed by atoms with van der Waals surface area (Å²) < 4.78 is 7.52. The first kappa shape index (κ1) is 11.7. The summed E-state index contributed by atoms with van der Waals surface area (Å²) in [6.07, 6.45) is 4.07. The van der Waals surface area contributed by atoms with Gasteiger partial charge in [-0.05, 0) is 30.5 Å². The Hall–Kier alpha value is -1.39. The second-order valence-corrected chi connectivity index (χ2v) is 4.94. The van der Waals surface area contributed by atoms with Crippen LogP contribution in [0, 0.1) is 0 Å². The van der Waals surface area contributed by atoms with Crippen LogP contribution in [0.3, 0.4) is 0 Å². The number of hydrogen-bond acceptors (Lipinski definition) is 3. The Morgan fingerprint density at radius 3 is 3.28 bits per heavy atom. The molecule has 1 N–H and O–H groups in total. The Kier molecular flexibility index (Phi) is 3.30. The molecule has 0 aliphatic carbocycles. The zero-order chi connectivity index (χ0) is 12.4. The fourth-order valence-electron chi connectivity index (χ4n) is 2.48. The first-order valence-corrected chi connectivity index (χ1v) is 6.54. The van der Waals surface area contributed by atoms with Crippen LogP contribution in [0.4, 0.5) is 0 Å². The molecule has 1 atom stereocenters. The molecule has 0 amide bonds. The van der Waals surface area contributed by atoms with Gasteiger partial charge >= 0.3 is 0 Å². The summed E-state index contributed by atoms with van der Waals surface area (Å²) in [6.45, 7) is 2.66. The zero-order valence-electron chi connectivity index (χ0n) is 10.7. The number of benzene rings is 1. The minimum absolute atomic E-state index is 0.498. The smallest absolute Gasteiger partial charge is 0.0955 e. The summed E-state index contributed by atoms with van der Waals surface area (Å²) in [4.78, 5) is 4.40. The lowest BCUT2D eigenvalue weighted by atomic mass is 10.0. The molecule has 0 radical (unpaired) electrons. The molecular formula is C14H19N3O. The molecule has 1 aromatic carbocycles. The zero-order valence-corrected chi connectivity index (χ0v) is 10.7. The highest BCUT2D eigenvalue weighted by Gasteiger charge is 2.12. The van der Waals surface area contributed by atoms with Crippen molar-refractivity contribution in [1.29, 1.82) is 0 Å². The van der Waals surface area contributed by atoms with Crippen molar-refractivity contribution < 1.29 is 4.74 Å². The third-order valence-corrected chi connectivity index (χ3v) is 3.57. The topological polar surface area (TPSA) is 39.1 Å². The first-order valence-electron chi connectivity index (χ1n) is 6.54. The van der Waals surface area contributed by atoms with Crippen molar-refractivity contribution in [3.05, 3.63) is 30.1 Å². The van der Waals surface area contributed by atoms with Gasteiger partial charge in [0.15, 0.2) is 0 Å². The highest BCUT2D eigenvalue weighted by molar-refractivity contribution is 5.75. The summed E-state index contributed by atoms with van der Waals surface area (Å²) in [5.41, 5.74) is 3.63. The molecule has 0 spiro atoms. The molecule has 1 unspecified atom stereocenters. The van der Waals surface area contributed by atoms with Gasteiger partial charge in [0.2, 0.25) is 0 Å². The highest BCUT2D eigenvalue weighted by atomic mass is 16.5. The number of nitrogens with one attached hydrogen (secondary N) is 1. The Labute approximate surface area is 107 Å². The van der Waals surface area contributed by atoms with Gasteiger partial charge in [-0.15, -0.1) is 0 Å². The summed E-state index contributed by atoms with van der Waals surface area (Å²) in [5, 5.41) is 3.49. The van der Waals surface area contributed by atoms with E-state index < -0.39 is 0 Å². The molecule has 4 nitrogen and oxygen atoms in total. The van der Waals surface area contributed by atoms with Crippen molar-refractivity contribution in [3.63, 3.8) is 0 Å². The number of aryl methyl sites for hydroxylation is 2. The fourth-order valence-corrected chi connectivity index (χ4v) is 2.48. The number of ether oxygens (including phenoxy) is 1. The molecule has 1 aromatic heterocycles. The molecule has 18 heavy (non-hydrogen) atoms. The average Bonchev–Trinajstić information content (AvgIpc) is 2.79. The molecule has 1 aliphatic rings. The van der Waals surface area contributed by atoms with Gasteiger partial charge in [0.25, 0.3) is 0 Å². The van der Waals surface area contributed by atoms with Gasteiger partial charge in [-0.3, -0.25) is 0 Å². The molecule has 3 rings (SSSR count).